The van der Waals surface area contributed by atoms with Crippen molar-refractivity contribution in [2.75, 3.05) is 11.2 Å². The van der Waals surface area contributed by atoms with Gasteiger partial charge in [0, 0.05) is 5.69 Å². The largest absolute Gasteiger partial charge is 0.573 e. The zero-order chi connectivity index (χ0) is 18.4. The van der Waals surface area contributed by atoms with Gasteiger partial charge in [-0.1, -0.05) is 12.1 Å². The van der Waals surface area contributed by atoms with Gasteiger partial charge in [-0.15, -0.1) is 24.8 Å². The molecule has 2 aromatic rings. The minimum atomic E-state index is -4.77. The molecule has 0 heterocycles. The predicted octanol–water partition coefficient (Wildman–Crippen LogP) is 4.07. The molecule has 0 radical (unpaired) electrons. The van der Waals surface area contributed by atoms with Gasteiger partial charge in [-0.05, 0) is 36.4 Å². The summed E-state index contributed by atoms with van der Waals surface area (Å²) in [6, 6.07) is 11.2. The Kier molecular flexibility index (Phi) is 5.87. The van der Waals surface area contributed by atoms with Crippen LogP contribution in [0.5, 0.6) is 5.75 Å². The summed E-state index contributed by atoms with van der Waals surface area (Å²) in [7, 11) is 0. The number of halogens is 4. The smallest absolute Gasteiger partial charge is 0.406 e. The summed E-state index contributed by atoms with van der Waals surface area (Å²) >= 11 is 5.58. The number of hydrogen-bond acceptors (Lipinski definition) is 3. The van der Waals surface area contributed by atoms with Crippen LogP contribution >= 0.6 is 11.6 Å². The van der Waals surface area contributed by atoms with E-state index in [1.165, 1.54) is 18.2 Å². The predicted molar refractivity (Wildman–Crippen MR) is 89.5 cm³/mol. The molecule has 0 aliphatic rings. The molecule has 9 heteroatoms. The third-order valence-electron chi connectivity index (χ3n) is 2.90. The molecule has 0 unspecified atom stereocenters. The van der Waals surface area contributed by atoms with Crippen molar-refractivity contribution in [3.8, 4) is 5.75 Å². The molecule has 1 amide bonds. The Labute approximate surface area is 146 Å². The van der Waals surface area contributed by atoms with Crippen LogP contribution in [0.15, 0.2) is 53.5 Å². The van der Waals surface area contributed by atoms with E-state index in [0.29, 0.717) is 11.4 Å². The number of alkyl halides is 4. The van der Waals surface area contributed by atoms with Crippen LogP contribution in [-0.4, -0.2) is 24.0 Å². The number of nitrogens with two attached hydrogens (primary N) is 1. The Morgan fingerprint density at radius 1 is 1.16 bits per heavy atom. The van der Waals surface area contributed by atoms with Crippen molar-refractivity contribution in [1.29, 1.82) is 0 Å². The highest BCUT2D eigenvalue weighted by atomic mass is 35.5. The van der Waals surface area contributed by atoms with Crippen LogP contribution in [0.1, 0.15) is 10.4 Å². The van der Waals surface area contributed by atoms with E-state index >= 15 is 0 Å². The van der Waals surface area contributed by atoms with Crippen LogP contribution in [0.2, 0.25) is 0 Å². The number of amidine groups is 1. The molecule has 0 aliphatic carbocycles. The van der Waals surface area contributed by atoms with Crippen LogP contribution < -0.4 is 15.8 Å². The quantitative estimate of drug-likeness (QED) is 0.472. The number of para-hydroxylation sites is 1. The molecule has 25 heavy (non-hydrogen) atoms. The first-order chi connectivity index (χ1) is 11.8. The van der Waals surface area contributed by atoms with Crippen LogP contribution in [-0.2, 0) is 0 Å². The second-order valence-electron chi connectivity index (χ2n) is 4.78. The van der Waals surface area contributed by atoms with Gasteiger partial charge < -0.3 is 15.8 Å². The maximum absolute atomic E-state index is 12.4. The standard InChI is InChI=1S/C16H13ClF3N3O2/c17-9-14(21)23-13-4-2-1-3-12(13)15(24)22-10-5-7-11(8-6-10)25-16(18,19)20/h1-8H,9H2,(H2,21,23)(H,22,24). The lowest BCUT2D eigenvalue weighted by atomic mass is 10.1. The molecule has 0 aliphatic heterocycles. The van der Waals surface area contributed by atoms with Crippen molar-refractivity contribution in [1.82, 2.24) is 0 Å². The second-order valence-corrected chi connectivity index (χ2v) is 5.05. The molecule has 0 aromatic heterocycles. The molecule has 0 saturated heterocycles. The lowest BCUT2D eigenvalue weighted by Gasteiger charge is -2.10. The summed E-state index contributed by atoms with van der Waals surface area (Å²) in [5, 5.41) is 2.56. The normalized spacial score (nSPS) is 11.9. The lowest BCUT2D eigenvalue weighted by Crippen LogP contribution is -2.17. The fraction of sp³-hybridized carbons (Fsp3) is 0.125. The van der Waals surface area contributed by atoms with Crippen molar-refractivity contribution >= 4 is 34.7 Å². The second kappa shape index (κ2) is 7.89. The first kappa shape index (κ1) is 18.6. The van der Waals surface area contributed by atoms with Gasteiger partial charge in [0.25, 0.3) is 5.91 Å². The van der Waals surface area contributed by atoms with Crippen molar-refractivity contribution in [3.63, 3.8) is 0 Å². The first-order valence-corrected chi connectivity index (χ1v) is 7.47. The third-order valence-corrected chi connectivity index (χ3v) is 3.17. The van der Waals surface area contributed by atoms with Crippen molar-refractivity contribution in [2.24, 2.45) is 10.7 Å². The Balaban J connectivity index is 2.15. The number of rotatable bonds is 5. The Bertz CT molecular complexity index is 777. The van der Waals surface area contributed by atoms with Crippen LogP contribution in [0.3, 0.4) is 0 Å². The summed E-state index contributed by atoms with van der Waals surface area (Å²) in [6.45, 7) is 0. The Morgan fingerprint density at radius 2 is 1.80 bits per heavy atom. The van der Waals surface area contributed by atoms with E-state index in [1.807, 2.05) is 0 Å². The highest BCUT2D eigenvalue weighted by Gasteiger charge is 2.30. The Hall–Kier alpha value is -2.74. The van der Waals surface area contributed by atoms with E-state index in [0.717, 1.165) is 12.1 Å². The van der Waals surface area contributed by atoms with Crippen LogP contribution in [0.25, 0.3) is 0 Å². The number of hydrogen-bond donors (Lipinski definition) is 2. The number of carbonyl (C=O) groups is 1. The number of benzene rings is 2. The minimum Gasteiger partial charge on any atom is -0.406 e. The summed E-state index contributed by atoms with van der Waals surface area (Å²) in [6.07, 6.45) is -4.77. The zero-order valence-electron chi connectivity index (χ0n) is 12.7. The number of amides is 1. The van der Waals surface area contributed by atoms with E-state index in [1.54, 1.807) is 18.2 Å². The maximum atomic E-state index is 12.4. The maximum Gasteiger partial charge on any atom is 0.573 e. The van der Waals surface area contributed by atoms with Crippen molar-refractivity contribution in [3.05, 3.63) is 54.1 Å². The molecule has 3 N–H and O–H groups in total. The molecule has 0 atom stereocenters. The summed E-state index contributed by atoms with van der Waals surface area (Å²) < 4.78 is 40.1. The van der Waals surface area contributed by atoms with E-state index in [-0.39, 0.29) is 23.0 Å². The number of nitrogens with zero attached hydrogens (tertiary/aromatic N) is 1. The molecule has 0 fully saturated rings. The van der Waals surface area contributed by atoms with E-state index < -0.39 is 12.3 Å². The highest BCUT2D eigenvalue weighted by molar-refractivity contribution is 6.28. The van der Waals surface area contributed by atoms with E-state index in [9.17, 15) is 18.0 Å². The molecule has 132 valence electrons. The number of aliphatic imine (C=N–C) groups is 1. The van der Waals surface area contributed by atoms with Crippen LogP contribution in [0.4, 0.5) is 24.5 Å². The summed E-state index contributed by atoms with van der Waals surface area (Å²) in [5.41, 5.74) is 6.44. The van der Waals surface area contributed by atoms with E-state index in [2.05, 4.69) is 15.0 Å². The van der Waals surface area contributed by atoms with Gasteiger partial charge in [-0.25, -0.2) is 4.99 Å². The Morgan fingerprint density at radius 3 is 2.40 bits per heavy atom. The van der Waals surface area contributed by atoms with Crippen LogP contribution in [0, 0.1) is 0 Å². The van der Waals surface area contributed by atoms with Gasteiger partial charge in [0.2, 0.25) is 0 Å². The molecule has 0 saturated carbocycles. The molecule has 5 nitrogen and oxygen atoms in total. The fourth-order valence-electron chi connectivity index (χ4n) is 1.89. The number of carbonyl (C=O) groups excluding carboxylic acids is 1. The van der Waals surface area contributed by atoms with Crippen molar-refractivity contribution < 1.29 is 22.7 Å². The number of anilines is 1. The minimum absolute atomic E-state index is 0.0105. The fourth-order valence-corrected chi connectivity index (χ4v) is 1.95. The molecule has 2 rings (SSSR count). The van der Waals surface area contributed by atoms with Gasteiger partial charge in [0.1, 0.15) is 11.6 Å². The average Bonchev–Trinajstić information content (AvgIpc) is 2.55. The van der Waals surface area contributed by atoms with Gasteiger partial charge in [0.15, 0.2) is 0 Å². The van der Waals surface area contributed by atoms with Gasteiger partial charge in [-0.3, -0.25) is 4.79 Å². The SMILES string of the molecule is NC(CCl)=Nc1ccccc1C(=O)Nc1ccc(OC(F)(F)F)cc1. The zero-order valence-corrected chi connectivity index (χ0v) is 13.4. The molecular weight excluding hydrogens is 359 g/mol. The lowest BCUT2D eigenvalue weighted by molar-refractivity contribution is -0.274. The van der Waals surface area contributed by atoms with Gasteiger partial charge in [-0.2, -0.15) is 0 Å². The van der Waals surface area contributed by atoms with Gasteiger partial charge >= 0.3 is 6.36 Å². The third kappa shape index (κ3) is 5.68. The van der Waals surface area contributed by atoms with E-state index in [4.69, 9.17) is 17.3 Å². The average molecular weight is 372 g/mol. The topological polar surface area (TPSA) is 76.7 Å². The summed E-state index contributed by atoms with van der Waals surface area (Å²) in [5.74, 6) is -0.719. The van der Waals surface area contributed by atoms with Gasteiger partial charge in [0.05, 0.1) is 17.1 Å². The highest BCUT2D eigenvalue weighted by Crippen LogP contribution is 2.25. The number of nitrogens with one attached hydrogen (secondary N) is 1. The first-order valence-electron chi connectivity index (χ1n) is 6.93. The molecule has 0 bridgehead atoms. The van der Waals surface area contributed by atoms with Crippen molar-refractivity contribution in [2.45, 2.75) is 6.36 Å². The molecular formula is C16H13ClF3N3O2. The molecule has 2 aromatic carbocycles. The molecule has 0 spiro atoms. The summed E-state index contributed by atoms with van der Waals surface area (Å²) in [4.78, 5) is 16.4. The monoisotopic (exact) mass is 371 g/mol. The number of ether oxygens (including phenoxy) is 1.